The number of nitrogens with zero attached hydrogens (tertiary/aromatic N) is 3. The van der Waals surface area contributed by atoms with Gasteiger partial charge in [-0.2, -0.15) is 4.98 Å². The lowest BCUT2D eigenvalue weighted by Crippen LogP contribution is -2.38. The van der Waals surface area contributed by atoms with Crippen LogP contribution in [-0.2, 0) is 4.79 Å². The van der Waals surface area contributed by atoms with Crippen LogP contribution in [0.2, 0.25) is 0 Å². The number of aromatic nitrogens is 2. The number of halogens is 1. The number of carbonyl (C=O) groups excluding carboxylic acids is 1. The molecule has 1 saturated heterocycles. The molecule has 2 aliphatic heterocycles. The lowest BCUT2D eigenvalue weighted by Gasteiger charge is -2.29. The zero-order valence-electron chi connectivity index (χ0n) is 17.4. The third-order valence-electron chi connectivity index (χ3n) is 5.67. The quantitative estimate of drug-likeness (QED) is 0.652. The van der Waals surface area contributed by atoms with E-state index in [-0.39, 0.29) is 17.6 Å². The Labute approximate surface area is 184 Å². The maximum atomic E-state index is 13.1. The maximum Gasteiger partial charge on any atom is 0.238 e. The fraction of sp³-hybridized carbons (Fsp3) is 0.348. The summed E-state index contributed by atoms with van der Waals surface area (Å²) in [6.45, 7) is 2.86. The summed E-state index contributed by atoms with van der Waals surface area (Å²) in [5.41, 5.74) is 1.41. The molecule has 1 amide bonds. The number of anilines is 1. The van der Waals surface area contributed by atoms with Crippen LogP contribution in [0.5, 0.6) is 11.5 Å². The molecule has 0 aliphatic carbocycles. The highest BCUT2D eigenvalue weighted by Crippen LogP contribution is 2.33. The Morgan fingerprint density at radius 3 is 2.59 bits per heavy atom. The van der Waals surface area contributed by atoms with E-state index in [9.17, 15) is 9.18 Å². The van der Waals surface area contributed by atoms with Crippen LogP contribution in [-0.4, -0.2) is 53.8 Å². The number of benzene rings is 2. The first-order chi connectivity index (χ1) is 15.6. The zero-order valence-corrected chi connectivity index (χ0v) is 17.4. The Morgan fingerprint density at radius 2 is 1.81 bits per heavy atom. The fourth-order valence-electron chi connectivity index (χ4n) is 3.98. The smallest absolute Gasteiger partial charge is 0.238 e. The van der Waals surface area contributed by atoms with Crippen LogP contribution in [0.1, 0.15) is 24.7 Å². The van der Waals surface area contributed by atoms with Crippen LogP contribution in [0.15, 0.2) is 47.0 Å². The van der Waals surface area contributed by atoms with Gasteiger partial charge >= 0.3 is 0 Å². The molecule has 0 atom stereocenters. The molecule has 3 aromatic rings. The molecule has 1 aromatic heterocycles. The highest BCUT2D eigenvalue weighted by Gasteiger charge is 2.26. The standard InChI is InChI=1S/C23H23FN4O4/c24-17-3-1-15(2-4-17)22-26-23(32-27-22)16-7-9-28(10-8-16)14-21(29)25-18-5-6-19-20(13-18)31-12-11-30-19/h1-6,13,16H,7-12,14H2,(H,25,29). The third kappa shape index (κ3) is 4.57. The molecular weight excluding hydrogens is 415 g/mol. The lowest BCUT2D eigenvalue weighted by molar-refractivity contribution is -0.117. The Morgan fingerprint density at radius 1 is 1.06 bits per heavy atom. The van der Waals surface area contributed by atoms with E-state index in [0.29, 0.717) is 48.7 Å². The van der Waals surface area contributed by atoms with E-state index in [2.05, 4.69) is 20.4 Å². The van der Waals surface area contributed by atoms with Gasteiger partial charge in [0.25, 0.3) is 0 Å². The van der Waals surface area contributed by atoms with Crippen molar-refractivity contribution in [3.63, 3.8) is 0 Å². The van der Waals surface area contributed by atoms with Crippen molar-refractivity contribution < 1.29 is 23.2 Å². The van der Waals surface area contributed by atoms with Crippen molar-refractivity contribution in [3.8, 4) is 22.9 Å². The number of likely N-dealkylation sites (tertiary alicyclic amines) is 1. The number of hydrogen-bond acceptors (Lipinski definition) is 7. The topological polar surface area (TPSA) is 89.7 Å². The minimum atomic E-state index is -0.303. The van der Waals surface area contributed by atoms with Crippen molar-refractivity contribution in [1.82, 2.24) is 15.0 Å². The molecule has 0 bridgehead atoms. The van der Waals surface area contributed by atoms with Crippen molar-refractivity contribution in [2.24, 2.45) is 0 Å². The molecule has 9 heteroatoms. The number of piperidine rings is 1. The summed E-state index contributed by atoms with van der Waals surface area (Å²) in [6, 6.07) is 11.4. The van der Waals surface area contributed by atoms with Crippen molar-refractivity contribution in [3.05, 3.63) is 54.2 Å². The predicted octanol–water partition coefficient (Wildman–Crippen LogP) is 3.47. The zero-order chi connectivity index (χ0) is 21.9. The average Bonchev–Trinajstić information content (AvgIpc) is 3.30. The van der Waals surface area contributed by atoms with Gasteiger partial charge in [-0.1, -0.05) is 5.16 Å². The number of fused-ring (bicyclic) bond motifs is 1. The molecule has 0 radical (unpaired) electrons. The summed E-state index contributed by atoms with van der Waals surface area (Å²) >= 11 is 0. The summed E-state index contributed by atoms with van der Waals surface area (Å²) in [5, 5.41) is 6.95. The molecule has 3 heterocycles. The Hall–Kier alpha value is -3.46. The number of carbonyl (C=O) groups is 1. The number of rotatable bonds is 5. The first-order valence-corrected chi connectivity index (χ1v) is 10.7. The summed E-state index contributed by atoms with van der Waals surface area (Å²) < 4.78 is 29.6. The Balaban J connectivity index is 1.12. The second-order valence-electron chi connectivity index (χ2n) is 7.92. The maximum absolute atomic E-state index is 13.1. The summed E-state index contributed by atoms with van der Waals surface area (Å²) in [7, 11) is 0. The second kappa shape index (κ2) is 8.96. The molecule has 5 rings (SSSR count). The molecule has 32 heavy (non-hydrogen) atoms. The van der Waals surface area contributed by atoms with Gasteiger partial charge in [-0.3, -0.25) is 9.69 Å². The van der Waals surface area contributed by atoms with Gasteiger partial charge in [-0.25, -0.2) is 4.39 Å². The van der Waals surface area contributed by atoms with E-state index in [1.807, 2.05) is 6.07 Å². The molecule has 0 spiro atoms. The van der Waals surface area contributed by atoms with Crippen LogP contribution in [0.25, 0.3) is 11.4 Å². The van der Waals surface area contributed by atoms with Gasteiger partial charge in [-0.15, -0.1) is 0 Å². The lowest BCUT2D eigenvalue weighted by atomic mass is 9.97. The molecule has 0 unspecified atom stereocenters. The van der Waals surface area contributed by atoms with E-state index < -0.39 is 0 Å². The molecule has 1 N–H and O–H groups in total. The Bertz CT molecular complexity index is 1090. The van der Waals surface area contributed by atoms with E-state index >= 15 is 0 Å². The molecule has 166 valence electrons. The minimum Gasteiger partial charge on any atom is -0.486 e. The van der Waals surface area contributed by atoms with Crippen LogP contribution >= 0.6 is 0 Å². The minimum absolute atomic E-state index is 0.0727. The first-order valence-electron chi connectivity index (χ1n) is 10.7. The second-order valence-corrected chi connectivity index (χ2v) is 7.92. The van der Waals surface area contributed by atoms with Gasteiger partial charge < -0.3 is 19.3 Å². The molecule has 1 fully saturated rings. The van der Waals surface area contributed by atoms with Crippen LogP contribution < -0.4 is 14.8 Å². The van der Waals surface area contributed by atoms with Crippen molar-refractivity contribution in [1.29, 1.82) is 0 Å². The first kappa shape index (κ1) is 20.4. The van der Waals surface area contributed by atoms with Gasteiger partial charge in [0.2, 0.25) is 17.6 Å². The molecule has 2 aliphatic rings. The van der Waals surface area contributed by atoms with E-state index in [4.69, 9.17) is 14.0 Å². The largest absolute Gasteiger partial charge is 0.486 e. The van der Waals surface area contributed by atoms with Crippen LogP contribution in [0.3, 0.4) is 0 Å². The van der Waals surface area contributed by atoms with Crippen molar-refractivity contribution in [2.75, 3.05) is 38.2 Å². The van der Waals surface area contributed by atoms with Gasteiger partial charge in [0.05, 0.1) is 6.54 Å². The third-order valence-corrected chi connectivity index (χ3v) is 5.67. The molecule has 8 nitrogen and oxygen atoms in total. The van der Waals surface area contributed by atoms with E-state index in [0.717, 1.165) is 31.5 Å². The van der Waals surface area contributed by atoms with Crippen molar-refractivity contribution in [2.45, 2.75) is 18.8 Å². The Kier molecular flexibility index (Phi) is 5.72. The average molecular weight is 438 g/mol. The monoisotopic (exact) mass is 438 g/mol. The summed E-state index contributed by atoms with van der Waals surface area (Å²) in [6.07, 6.45) is 1.64. The van der Waals surface area contributed by atoms with Gasteiger partial charge in [0.15, 0.2) is 11.5 Å². The molecule has 2 aromatic carbocycles. The highest BCUT2D eigenvalue weighted by molar-refractivity contribution is 5.92. The van der Waals surface area contributed by atoms with E-state index in [1.165, 1.54) is 12.1 Å². The van der Waals surface area contributed by atoms with Gasteiger partial charge in [-0.05, 0) is 62.3 Å². The number of nitrogens with one attached hydrogen (secondary N) is 1. The van der Waals surface area contributed by atoms with E-state index in [1.54, 1.807) is 24.3 Å². The number of amides is 1. The number of hydrogen-bond donors (Lipinski definition) is 1. The van der Waals surface area contributed by atoms with Gasteiger partial charge in [0, 0.05) is 23.2 Å². The normalized spacial score (nSPS) is 16.7. The summed E-state index contributed by atoms with van der Waals surface area (Å²) in [5.74, 6) is 2.16. The number of ether oxygens (including phenoxy) is 2. The van der Waals surface area contributed by atoms with Crippen LogP contribution in [0, 0.1) is 5.82 Å². The summed E-state index contributed by atoms with van der Waals surface area (Å²) in [4.78, 5) is 19.1. The molecule has 0 saturated carbocycles. The molecular formula is C23H23FN4O4. The van der Waals surface area contributed by atoms with Crippen molar-refractivity contribution >= 4 is 11.6 Å². The van der Waals surface area contributed by atoms with Gasteiger partial charge in [0.1, 0.15) is 19.0 Å². The SMILES string of the molecule is O=C(CN1CCC(c2nc(-c3ccc(F)cc3)no2)CC1)Nc1ccc2c(c1)OCCO2. The highest BCUT2D eigenvalue weighted by atomic mass is 19.1. The predicted molar refractivity (Wildman–Crippen MR) is 114 cm³/mol. The fourth-order valence-corrected chi connectivity index (χ4v) is 3.98. The van der Waals surface area contributed by atoms with Crippen LogP contribution in [0.4, 0.5) is 10.1 Å².